The molecule has 0 aromatic carbocycles. The van der Waals surface area contributed by atoms with Gasteiger partial charge in [0.25, 0.3) is 0 Å². The molecule has 3 fully saturated rings. The highest BCUT2D eigenvalue weighted by Gasteiger charge is 2.45. The zero-order valence-electron chi connectivity index (χ0n) is 10.3. The van der Waals surface area contributed by atoms with Crippen molar-refractivity contribution in [3.63, 3.8) is 0 Å². The van der Waals surface area contributed by atoms with Crippen molar-refractivity contribution in [3.05, 3.63) is 0 Å². The third-order valence-electron chi connectivity index (χ3n) is 4.34. The van der Waals surface area contributed by atoms with Crippen LogP contribution in [0.1, 0.15) is 26.2 Å². The van der Waals surface area contributed by atoms with Gasteiger partial charge in [-0.25, -0.2) is 0 Å². The molecule has 3 aliphatic heterocycles. The van der Waals surface area contributed by atoms with Gasteiger partial charge in [0.1, 0.15) is 0 Å². The zero-order valence-corrected chi connectivity index (χ0v) is 10.3. The number of aliphatic hydroxyl groups is 1. The average molecular weight is 227 g/mol. The maximum Gasteiger partial charge on any atom is 0.0464 e. The molecule has 4 nitrogen and oxygen atoms in total. The van der Waals surface area contributed by atoms with E-state index < -0.39 is 0 Å². The summed E-state index contributed by atoms with van der Waals surface area (Å²) in [6.45, 7) is 6.67. The van der Waals surface area contributed by atoms with Crippen LogP contribution < -0.4 is 11.1 Å². The van der Waals surface area contributed by atoms with Gasteiger partial charge in [-0.1, -0.05) is 0 Å². The van der Waals surface area contributed by atoms with Crippen LogP contribution in [0.4, 0.5) is 0 Å². The van der Waals surface area contributed by atoms with Gasteiger partial charge in [0.2, 0.25) is 0 Å². The van der Waals surface area contributed by atoms with Crippen LogP contribution >= 0.6 is 0 Å². The molecule has 4 N–H and O–H groups in total. The lowest BCUT2D eigenvalue weighted by Crippen LogP contribution is -2.70. The molecular weight excluding hydrogens is 202 g/mol. The summed E-state index contributed by atoms with van der Waals surface area (Å²) in [5, 5.41) is 12.7. The molecule has 0 aromatic heterocycles. The van der Waals surface area contributed by atoms with Crippen LogP contribution in [-0.4, -0.2) is 54.4 Å². The van der Waals surface area contributed by atoms with E-state index in [0.29, 0.717) is 12.6 Å². The molecule has 2 atom stereocenters. The van der Waals surface area contributed by atoms with Gasteiger partial charge in [0.05, 0.1) is 0 Å². The van der Waals surface area contributed by atoms with Gasteiger partial charge in [-0.05, 0) is 45.2 Å². The molecule has 0 aliphatic carbocycles. The summed E-state index contributed by atoms with van der Waals surface area (Å²) in [6, 6.07) is 0.356. The van der Waals surface area contributed by atoms with Gasteiger partial charge in [-0.3, -0.25) is 0 Å². The fourth-order valence-electron chi connectivity index (χ4n) is 3.38. The van der Waals surface area contributed by atoms with E-state index in [0.717, 1.165) is 18.9 Å². The Morgan fingerprint density at radius 3 is 2.62 bits per heavy atom. The first-order valence-electron chi connectivity index (χ1n) is 6.51. The highest BCUT2D eigenvalue weighted by atomic mass is 16.3. The standard InChI is InChI=1S/C12H25N3O/c1-10(4-7-16)14-12(8-13)9-15-5-2-11(12)3-6-15/h10-11,14,16H,2-9,13H2,1H3. The van der Waals surface area contributed by atoms with Crippen molar-refractivity contribution in [3.8, 4) is 0 Å². The fraction of sp³-hybridized carbons (Fsp3) is 1.00. The molecule has 2 bridgehead atoms. The zero-order chi connectivity index (χ0) is 11.6. The molecule has 3 saturated heterocycles. The van der Waals surface area contributed by atoms with Crippen molar-refractivity contribution in [1.82, 2.24) is 10.2 Å². The van der Waals surface area contributed by atoms with Crippen LogP contribution in [0.25, 0.3) is 0 Å². The van der Waals surface area contributed by atoms with Crippen LogP contribution in [0.5, 0.6) is 0 Å². The molecule has 0 spiro atoms. The maximum absolute atomic E-state index is 8.97. The first-order valence-corrected chi connectivity index (χ1v) is 6.51. The third-order valence-corrected chi connectivity index (χ3v) is 4.34. The second kappa shape index (κ2) is 5.00. The van der Waals surface area contributed by atoms with E-state index in [-0.39, 0.29) is 12.1 Å². The molecule has 3 aliphatic rings. The van der Waals surface area contributed by atoms with Gasteiger partial charge in [-0.15, -0.1) is 0 Å². The highest BCUT2D eigenvalue weighted by Crippen LogP contribution is 2.35. The van der Waals surface area contributed by atoms with Crippen molar-refractivity contribution in [1.29, 1.82) is 0 Å². The summed E-state index contributed by atoms with van der Waals surface area (Å²) < 4.78 is 0. The summed E-state index contributed by atoms with van der Waals surface area (Å²) in [4.78, 5) is 2.52. The van der Waals surface area contributed by atoms with Crippen LogP contribution in [0.3, 0.4) is 0 Å². The molecule has 0 saturated carbocycles. The second-order valence-electron chi connectivity index (χ2n) is 5.47. The molecule has 94 valence electrons. The van der Waals surface area contributed by atoms with Gasteiger partial charge < -0.3 is 21.1 Å². The molecule has 3 rings (SSSR count). The van der Waals surface area contributed by atoms with Crippen molar-refractivity contribution >= 4 is 0 Å². The molecule has 0 aromatic rings. The van der Waals surface area contributed by atoms with E-state index >= 15 is 0 Å². The van der Waals surface area contributed by atoms with E-state index in [1.54, 1.807) is 0 Å². The number of fused-ring (bicyclic) bond motifs is 3. The first-order chi connectivity index (χ1) is 7.70. The average Bonchev–Trinajstić information content (AvgIpc) is 2.30. The Hall–Kier alpha value is -0.160. The lowest BCUT2D eigenvalue weighted by Gasteiger charge is -2.54. The topological polar surface area (TPSA) is 61.5 Å². The van der Waals surface area contributed by atoms with Crippen LogP contribution in [0.2, 0.25) is 0 Å². The normalized spacial score (nSPS) is 39.9. The minimum absolute atomic E-state index is 0.102. The molecule has 0 amide bonds. The third kappa shape index (κ3) is 2.25. The van der Waals surface area contributed by atoms with Gasteiger partial charge in [0.15, 0.2) is 0 Å². The molecule has 16 heavy (non-hydrogen) atoms. The predicted molar refractivity (Wildman–Crippen MR) is 65.2 cm³/mol. The molecule has 4 heteroatoms. The number of rotatable bonds is 5. The molecule has 0 radical (unpaired) electrons. The molecule has 2 unspecified atom stereocenters. The van der Waals surface area contributed by atoms with E-state index in [1.165, 1.54) is 25.9 Å². The van der Waals surface area contributed by atoms with Crippen molar-refractivity contribution in [2.45, 2.75) is 37.8 Å². The van der Waals surface area contributed by atoms with Gasteiger partial charge >= 0.3 is 0 Å². The predicted octanol–water partition coefficient (Wildman–Crippen LogP) is -0.230. The van der Waals surface area contributed by atoms with E-state index in [9.17, 15) is 0 Å². The largest absolute Gasteiger partial charge is 0.396 e. The minimum Gasteiger partial charge on any atom is -0.396 e. The summed E-state index contributed by atoms with van der Waals surface area (Å²) in [5.41, 5.74) is 6.12. The van der Waals surface area contributed by atoms with Crippen molar-refractivity contribution in [2.24, 2.45) is 11.7 Å². The monoisotopic (exact) mass is 227 g/mol. The maximum atomic E-state index is 8.97. The highest BCUT2D eigenvalue weighted by molar-refractivity contribution is 5.05. The second-order valence-corrected chi connectivity index (χ2v) is 5.47. The van der Waals surface area contributed by atoms with Crippen LogP contribution in [0.15, 0.2) is 0 Å². The van der Waals surface area contributed by atoms with Crippen LogP contribution in [-0.2, 0) is 0 Å². The fourth-order valence-corrected chi connectivity index (χ4v) is 3.38. The Morgan fingerprint density at radius 2 is 2.19 bits per heavy atom. The van der Waals surface area contributed by atoms with E-state index in [1.807, 2.05) is 0 Å². The number of nitrogens with one attached hydrogen (secondary N) is 1. The van der Waals surface area contributed by atoms with E-state index in [2.05, 4.69) is 17.1 Å². The molecule has 3 heterocycles. The van der Waals surface area contributed by atoms with Crippen molar-refractivity contribution in [2.75, 3.05) is 32.8 Å². The SMILES string of the molecule is CC(CCO)NC1(CN)CN2CCC1CC2. The lowest BCUT2D eigenvalue weighted by atomic mass is 9.72. The number of hydrogen-bond acceptors (Lipinski definition) is 4. The van der Waals surface area contributed by atoms with Crippen LogP contribution in [0, 0.1) is 5.92 Å². The minimum atomic E-state index is 0.102. The summed E-state index contributed by atoms with van der Waals surface area (Å²) >= 11 is 0. The Morgan fingerprint density at radius 1 is 1.50 bits per heavy atom. The lowest BCUT2D eigenvalue weighted by molar-refractivity contribution is 0.00397. The number of nitrogens with two attached hydrogens (primary N) is 1. The quantitative estimate of drug-likeness (QED) is 0.607. The molecular formula is C12H25N3O. The Labute approximate surface area is 98.2 Å². The Kier molecular flexibility index (Phi) is 3.85. The number of aliphatic hydroxyl groups excluding tert-OH is 1. The Bertz CT molecular complexity index is 228. The van der Waals surface area contributed by atoms with Gasteiger partial charge in [-0.2, -0.15) is 0 Å². The van der Waals surface area contributed by atoms with Gasteiger partial charge in [0, 0.05) is 31.3 Å². The van der Waals surface area contributed by atoms with E-state index in [4.69, 9.17) is 10.8 Å². The number of nitrogens with zero attached hydrogens (tertiary/aromatic N) is 1. The number of piperidine rings is 3. The smallest absolute Gasteiger partial charge is 0.0464 e. The number of hydrogen-bond donors (Lipinski definition) is 3. The van der Waals surface area contributed by atoms with Crippen molar-refractivity contribution < 1.29 is 5.11 Å². The Balaban J connectivity index is 2.01. The summed E-state index contributed by atoms with van der Waals surface area (Å²) in [5.74, 6) is 0.726. The summed E-state index contributed by atoms with van der Waals surface area (Å²) in [7, 11) is 0. The summed E-state index contributed by atoms with van der Waals surface area (Å²) in [6.07, 6.45) is 3.36. The first kappa shape index (κ1) is 12.3.